The second-order valence-electron chi connectivity index (χ2n) is 21.9. The topological polar surface area (TPSA) is 155 Å². The maximum atomic E-state index is 12.9. The molecule has 0 rings (SSSR count). The van der Waals surface area contributed by atoms with Crippen LogP contribution in [0.5, 0.6) is 0 Å². The largest absolute Gasteiger partial charge is 0.472 e. The Hall–Kier alpha value is -2.04. The number of allylic oxidation sites excluding steroid dienone is 4. The smallest absolute Gasteiger partial charge is 0.462 e. The van der Waals surface area contributed by atoms with Gasteiger partial charge >= 0.3 is 25.7 Å². The number of carbonyl (C=O) groups is 3. The van der Waals surface area contributed by atoms with Gasteiger partial charge < -0.3 is 24.2 Å². The molecule has 11 nitrogen and oxygen atoms in total. The van der Waals surface area contributed by atoms with Gasteiger partial charge in [-0.2, -0.15) is 0 Å². The number of carbonyl (C=O) groups excluding carboxylic acids is 3. The van der Waals surface area contributed by atoms with Crippen LogP contribution < -0.4 is 0 Å². The molecule has 0 aliphatic rings. The molecule has 0 saturated heterocycles. The van der Waals surface area contributed by atoms with Crippen molar-refractivity contribution in [2.24, 2.45) is 0 Å². The number of aliphatic hydroxyl groups is 1. The van der Waals surface area contributed by atoms with Crippen molar-refractivity contribution in [2.75, 3.05) is 26.4 Å². The number of aliphatic hydroxyl groups excluding tert-OH is 1. The lowest BCUT2D eigenvalue weighted by Gasteiger charge is -2.21. The number of hydrogen-bond donors (Lipinski definition) is 2. The molecule has 0 radical (unpaired) electrons. The molecule has 0 saturated carbocycles. The van der Waals surface area contributed by atoms with Gasteiger partial charge in [-0.15, -0.1) is 0 Å². The summed E-state index contributed by atoms with van der Waals surface area (Å²) in [5.74, 6) is -1.45. The minimum absolute atomic E-state index is 0.168. The third-order valence-electron chi connectivity index (χ3n) is 14.3. The Morgan fingerprint density at radius 1 is 0.355 bits per heavy atom. The molecule has 0 amide bonds. The molecule has 12 heteroatoms. The quantitative estimate of drug-likeness (QED) is 0.0197. The van der Waals surface area contributed by atoms with Gasteiger partial charge in [0.05, 0.1) is 19.8 Å². The van der Waals surface area contributed by atoms with Crippen LogP contribution in [0.25, 0.3) is 0 Å². The number of unbranched alkanes of at least 4 members (excludes halogenated alkanes) is 40. The highest BCUT2D eigenvalue weighted by molar-refractivity contribution is 7.47. The second kappa shape index (κ2) is 59.1. The van der Waals surface area contributed by atoms with Crippen LogP contribution in [0.2, 0.25) is 0 Å². The van der Waals surface area contributed by atoms with Crippen molar-refractivity contribution >= 4 is 25.7 Å². The zero-order valence-electron chi connectivity index (χ0n) is 49.7. The summed E-state index contributed by atoms with van der Waals surface area (Å²) in [6.45, 7) is 4.67. The van der Waals surface area contributed by atoms with Crippen molar-refractivity contribution in [1.82, 2.24) is 0 Å². The lowest BCUT2D eigenvalue weighted by atomic mass is 10.0. The van der Waals surface area contributed by atoms with E-state index in [1.54, 1.807) is 0 Å². The lowest BCUT2D eigenvalue weighted by molar-refractivity contribution is -0.161. The fourth-order valence-electron chi connectivity index (χ4n) is 9.39. The van der Waals surface area contributed by atoms with E-state index in [2.05, 4.69) is 45.1 Å². The first-order valence-corrected chi connectivity index (χ1v) is 33.7. The molecular weight excluding hydrogens is 976 g/mol. The number of rotatable bonds is 61. The monoisotopic (exact) mass is 1100 g/mol. The van der Waals surface area contributed by atoms with Crippen LogP contribution in [0.15, 0.2) is 24.3 Å². The van der Waals surface area contributed by atoms with Crippen LogP contribution >= 0.6 is 7.82 Å². The summed E-state index contributed by atoms with van der Waals surface area (Å²) in [5, 5.41) is 9.85. The summed E-state index contributed by atoms with van der Waals surface area (Å²) in [4.78, 5) is 48.6. The van der Waals surface area contributed by atoms with E-state index in [0.29, 0.717) is 19.3 Å². The molecule has 0 aromatic carbocycles. The van der Waals surface area contributed by atoms with Crippen LogP contribution in [0, 0.1) is 0 Å². The first-order valence-electron chi connectivity index (χ1n) is 32.2. The van der Waals surface area contributed by atoms with E-state index < -0.39 is 57.8 Å². The standard InChI is InChI=1S/C64H121O11P/c1-4-7-10-13-16-19-22-24-26-28-30-32-34-36-39-42-45-48-51-54-63(67)74-60(56-65)58-72-76(69,70)73-59-61(57-71-62(66)53-50-47-44-41-38-21-18-15-12-9-6-3)75-64(68)55-52-49-46-43-40-37-35-33-31-29-27-25-23-20-17-14-11-8-5-2/h15,18,25,27,60-61,65H,4-14,16-17,19-24,26,28-59H2,1-3H3,(H,69,70)/b18-15-,27-25-. The first kappa shape index (κ1) is 74.0. The number of hydrogen-bond acceptors (Lipinski definition) is 10. The maximum absolute atomic E-state index is 12.9. The zero-order chi connectivity index (χ0) is 55.5. The molecule has 0 aromatic heterocycles. The average Bonchev–Trinajstić information content (AvgIpc) is 3.41. The van der Waals surface area contributed by atoms with Gasteiger partial charge in [0.25, 0.3) is 0 Å². The summed E-state index contributed by atoms with van der Waals surface area (Å²) in [5.41, 5.74) is 0. The molecule has 0 fully saturated rings. The van der Waals surface area contributed by atoms with Crippen molar-refractivity contribution in [2.45, 2.75) is 341 Å². The van der Waals surface area contributed by atoms with Crippen molar-refractivity contribution in [1.29, 1.82) is 0 Å². The molecule has 0 heterocycles. The third kappa shape index (κ3) is 56.7. The summed E-state index contributed by atoms with van der Waals surface area (Å²) in [6.07, 6.45) is 61.4. The van der Waals surface area contributed by atoms with Gasteiger partial charge in [0, 0.05) is 19.3 Å². The average molecular weight is 1100 g/mol. The number of phosphoric acid groups is 1. The highest BCUT2D eigenvalue weighted by atomic mass is 31.2. The van der Waals surface area contributed by atoms with E-state index in [9.17, 15) is 28.9 Å². The van der Waals surface area contributed by atoms with Gasteiger partial charge in [-0.25, -0.2) is 4.57 Å². The third-order valence-corrected chi connectivity index (χ3v) is 15.3. The Balaban J connectivity index is 4.56. The van der Waals surface area contributed by atoms with Crippen molar-refractivity contribution in [3.63, 3.8) is 0 Å². The molecule has 0 spiro atoms. The van der Waals surface area contributed by atoms with Gasteiger partial charge in [-0.1, -0.05) is 270 Å². The van der Waals surface area contributed by atoms with Gasteiger partial charge in [0.1, 0.15) is 12.7 Å². The van der Waals surface area contributed by atoms with Crippen molar-refractivity contribution in [3.8, 4) is 0 Å². The van der Waals surface area contributed by atoms with Gasteiger partial charge in [-0.05, 0) is 64.2 Å². The Morgan fingerprint density at radius 2 is 0.618 bits per heavy atom. The zero-order valence-corrected chi connectivity index (χ0v) is 50.6. The van der Waals surface area contributed by atoms with E-state index in [0.717, 1.165) is 77.0 Å². The minimum atomic E-state index is -4.75. The predicted octanol–water partition coefficient (Wildman–Crippen LogP) is 19.4. The molecule has 0 aromatic rings. The van der Waals surface area contributed by atoms with Crippen molar-refractivity contribution < 1.29 is 52.2 Å². The van der Waals surface area contributed by atoms with Crippen LogP contribution in [-0.2, 0) is 42.2 Å². The molecule has 448 valence electrons. The lowest BCUT2D eigenvalue weighted by Crippen LogP contribution is -2.30. The Morgan fingerprint density at radius 3 is 0.947 bits per heavy atom. The summed E-state index contributed by atoms with van der Waals surface area (Å²) < 4.78 is 39.6. The summed E-state index contributed by atoms with van der Waals surface area (Å²) in [7, 11) is -4.75. The van der Waals surface area contributed by atoms with E-state index in [-0.39, 0.29) is 25.9 Å². The van der Waals surface area contributed by atoms with Gasteiger partial charge in [-0.3, -0.25) is 23.4 Å². The molecule has 3 unspecified atom stereocenters. The van der Waals surface area contributed by atoms with Gasteiger partial charge in [0.15, 0.2) is 6.10 Å². The van der Waals surface area contributed by atoms with E-state index >= 15 is 0 Å². The second-order valence-corrected chi connectivity index (χ2v) is 23.4. The Labute approximate surface area is 468 Å². The van der Waals surface area contributed by atoms with E-state index in [1.807, 2.05) is 0 Å². The van der Waals surface area contributed by atoms with Crippen molar-refractivity contribution in [3.05, 3.63) is 24.3 Å². The van der Waals surface area contributed by atoms with E-state index in [4.69, 9.17) is 23.3 Å². The molecular formula is C64H121O11P. The van der Waals surface area contributed by atoms with Crippen LogP contribution in [0.3, 0.4) is 0 Å². The summed E-state index contributed by atoms with van der Waals surface area (Å²) >= 11 is 0. The van der Waals surface area contributed by atoms with Crippen LogP contribution in [-0.4, -0.2) is 66.5 Å². The molecule has 0 aliphatic heterocycles. The highest BCUT2D eigenvalue weighted by Gasteiger charge is 2.28. The fraction of sp³-hybridized carbons (Fsp3) is 0.891. The van der Waals surface area contributed by atoms with Crippen LogP contribution in [0.1, 0.15) is 329 Å². The minimum Gasteiger partial charge on any atom is -0.462 e. The Bertz CT molecular complexity index is 1370. The normalized spacial score (nSPS) is 13.4. The molecule has 76 heavy (non-hydrogen) atoms. The predicted molar refractivity (Wildman–Crippen MR) is 316 cm³/mol. The number of esters is 3. The highest BCUT2D eigenvalue weighted by Crippen LogP contribution is 2.43. The molecule has 0 aliphatic carbocycles. The SMILES string of the molecule is CCCC/C=C\CCCCCCCC(=O)OCC(COP(=O)(O)OCC(CO)OC(=O)CCCCCCCCCCCCCCCCCCCCC)OC(=O)CCCCCCCCCCC/C=C\CCCCCCCC. The van der Waals surface area contributed by atoms with Gasteiger partial charge in [0.2, 0.25) is 0 Å². The molecule has 3 atom stereocenters. The fourth-order valence-corrected chi connectivity index (χ4v) is 10.2. The maximum Gasteiger partial charge on any atom is 0.472 e. The first-order chi connectivity index (χ1) is 37.2. The van der Waals surface area contributed by atoms with E-state index in [1.165, 1.54) is 193 Å². The van der Waals surface area contributed by atoms with Crippen LogP contribution in [0.4, 0.5) is 0 Å². The number of ether oxygens (including phenoxy) is 3. The number of phosphoric ester groups is 1. The molecule has 0 bridgehead atoms. The summed E-state index contributed by atoms with van der Waals surface area (Å²) in [6, 6.07) is 0. The molecule has 2 N–H and O–H groups in total. The Kier molecular flexibility index (Phi) is 57.5.